The monoisotopic (exact) mass is 320 g/mol. The quantitative estimate of drug-likeness (QED) is 0.827. The lowest BCUT2D eigenvalue weighted by Gasteiger charge is -2.21. The summed E-state index contributed by atoms with van der Waals surface area (Å²) < 4.78 is 37.9. The van der Waals surface area contributed by atoms with Crippen LogP contribution in [0.15, 0.2) is 30.3 Å². The van der Waals surface area contributed by atoms with Crippen molar-refractivity contribution in [1.29, 1.82) is 0 Å². The lowest BCUT2D eigenvalue weighted by Crippen LogP contribution is -2.20. The van der Waals surface area contributed by atoms with E-state index in [1.165, 1.54) is 5.56 Å². The smallest absolute Gasteiger partial charge is 0.398 e. The SMILES string of the molecule is Cc1cc2c(c(C)c1N)CCN2Cc1ccc(C(F)(F)F)cc1. The second-order valence-electron chi connectivity index (χ2n) is 6.10. The van der Waals surface area contributed by atoms with Crippen molar-refractivity contribution in [1.82, 2.24) is 0 Å². The zero-order valence-corrected chi connectivity index (χ0v) is 13.2. The Morgan fingerprint density at radius 1 is 1.13 bits per heavy atom. The van der Waals surface area contributed by atoms with Crippen LogP contribution in [0.3, 0.4) is 0 Å². The van der Waals surface area contributed by atoms with Crippen LogP contribution in [0, 0.1) is 13.8 Å². The van der Waals surface area contributed by atoms with E-state index in [2.05, 4.69) is 11.0 Å². The number of halogens is 3. The summed E-state index contributed by atoms with van der Waals surface area (Å²) in [4.78, 5) is 2.21. The zero-order valence-electron chi connectivity index (χ0n) is 13.2. The van der Waals surface area contributed by atoms with Gasteiger partial charge in [-0.2, -0.15) is 13.2 Å². The van der Waals surface area contributed by atoms with Gasteiger partial charge < -0.3 is 10.6 Å². The first-order chi connectivity index (χ1) is 10.8. The van der Waals surface area contributed by atoms with Gasteiger partial charge in [0.25, 0.3) is 0 Å². The molecule has 2 nitrogen and oxygen atoms in total. The van der Waals surface area contributed by atoms with E-state index in [1.807, 2.05) is 13.8 Å². The van der Waals surface area contributed by atoms with Gasteiger partial charge in [-0.3, -0.25) is 0 Å². The topological polar surface area (TPSA) is 29.3 Å². The molecule has 1 heterocycles. The number of benzene rings is 2. The van der Waals surface area contributed by atoms with Crippen LogP contribution in [0.1, 0.15) is 27.8 Å². The van der Waals surface area contributed by atoms with Crippen molar-refractivity contribution >= 4 is 11.4 Å². The number of nitrogens with two attached hydrogens (primary N) is 1. The van der Waals surface area contributed by atoms with Crippen molar-refractivity contribution in [2.24, 2.45) is 0 Å². The van der Waals surface area contributed by atoms with Gasteiger partial charge in [0, 0.05) is 24.5 Å². The van der Waals surface area contributed by atoms with E-state index in [1.54, 1.807) is 12.1 Å². The van der Waals surface area contributed by atoms with Crippen molar-refractivity contribution in [2.75, 3.05) is 17.2 Å². The summed E-state index contributed by atoms with van der Waals surface area (Å²) in [5, 5.41) is 0. The van der Waals surface area contributed by atoms with Crippen molar-refractivity contribution in [3.8, 4) is 0 Å². The largest absolute Gasteiger partial charge is 0.416 e. The molecule has 0 aliphatic carbocycles. The molecule has 3 rings (SSSR count). The molecule has 0 fully saturated rings. The van der Waals surface area contributed by atoms with E-state index in [4.69, 9.17) is 5.73 Å². The minimum atomic E-state index is -4.29. The molecule has 0 aromatic heterocycles. The normalized spacial score (nSPS) is 14.2. The van der Waals surface area contributed by atoms with Crippen LogP contribution < -0.4 is 10.6 Å². The molecule has 23 heavy (non-hydrogen) atoms. The zero-order chi connectivity index (χ0) is 16.8. The van der Waals surface area contributed by atoms with Crippen LogP contribution in [0.5, 0.6) is 0 Å². The highest BCUT2D eigenvalue weighted by Crippen LogP contribution is 2.36. The van der Waals surface area contributed by atoms with E-state index >= 15 is 0 Å². The average Bonchev–Trinajstić information content (AvgIpc) is 2.87. The van der Waals surface area contributed by atoms with E-state index in [0.717, 1.165) is 53.2 Å². The van der Waals surface area contributed by atoms with Gasteiger partial charge in [-0.05, 0) is 60.7 Å². The van der Waals surface area contributed by atoms with Crippen molar-refractivity contribution in [2.45, 2.75) is 33.0 Å². The van der Waals surface area contributed by atoms with Gasteiger partial charge in [-0.25, -0.2) is 0 Å². The molecule has 2 N–H and O–H groups in total. The standard InChI is InChI=1S/C18H19F3N2/c1-11-9-16-15(12(2)17(11)22)7-8-23(16)10-13-3-5-14(6-4-13)18(19,20)21/h3-6,9H,7-8,10,22H2,1-2H3. The highest BCUT2D eigenvalue weighted by Gasteiger charge is 2.30. The molecule has 0 unspecified atom stereocenters. The fourth-order valence-electron chi connectivity index (χ4n) is 3.17. The fourth-order valence-corrected chi connectivity index (χ4v) is 3.17. The Balaban J connectivity index is 1.84. The van der Waals surface area contributed by atoms with Crippen LogP contribution in [0.2, 0.25) is 0 Å². The molecule has 1 aliphatic rings. The number of anilines is 2. The molecule has 122 valence electrons. The Morgan fingerprint density at radius 3 is 2.39 bits per heavy atom. The third kappa shape index (κ3) is 2.87. The summed E-state index contributed by atoms with van der Waals surface area (Å²) in [6, 6.07) is 7.47. The Labute approximate surface area is 133 Å². The third-order valence-corrected chi connectivity index (χ3v) is 4.57. The van der Waals surface area contributed by atoms with Gasteiger partial charge >= 0.3 is 6.18 Å². The van der Waals surface area contributed by atoms with E-state index in [0.29, 0.717) is 6.54 Å². The fraction of sp³-hybridized carbons (Fsp3) is 0.333. The molecule has 0 spiro atoms. The molecule has 1 aliphatic heterocycles. The summed E-state index contributed by atoms with van der Waals surface area (Å²) in [6.07, 6.45) is -3.36. The molecule has 0 saturated heterocycles. The lowest BCUT2D eigenvalue weighted by molar-refractivity contribution is -0.137. The molecule has 0 radical (unpaired) electrons. The number of hydrogen-bond donors (Lipinski definition) is 1. The Hall–Kier alpha value is -2.17. The number of alkyl halides is 3. The van der Waals surface area contributed by atoms with Crippen molar-refractivity contribution < 1.29 is 13.2 Å². The summed E-state index contributed by atoms with van der Waals surface area (Å²) in [7, 11) is 0. The van der Waals surface area contributed by atoms with Crippen molar-refractivity contribution in [3.05, 3.63) is 58.1 Å². The van der Waals surface area contributed by atoms with Crippen LogP contribution in [-0.4, -0.2) is 6.54 Å². The molecule has 2 aromatic carbocycles. The molecule has 0 atom stereocenters. The van der Waals surface area contributed by atoms with E-state index in [-0.39, 0.29) is 0 Å². The number of rotatable bonds is 2. The predicted octanol–water partition coefficient (Wildman–Crippen LogP) is 4.47. The minimum Gasteiger partial charge on any atom is -0.398 e. The minimum absolute atomic E-state index is 0.605. The summed E-state index contributed by atoms with van der Waals surface area (Å²) >= 11 is 0. The van der Waals surface area contributed by atoms with E-state index < -0.39 is 11.7 Å². The van der Waals surface area contributed by atoms with Crippen LogP contribution >= 0.6 is 0 Å². The Bertz CT molecular complexity index is 733. The molecule has 5 heteroatoms. The molecule has 2 aromatic rings. The highest BCUT2D eigenvalue weighted by molar-refractivity contribution is 5.70. The highest BCUT2D eigenvalue weighted by atomic mass is 19.4. The number of nitrogens with zero attached hydrogens (tertiary/aromatic N) is 1. The second-order valence-corrected chi connectivity index (χ2v) is 6.10. The Morgan fingerprint density at radius 2 is 1.78 bits per heavy atom. The van der Waals surface area contributed by atoms with Gasteiger partial charge in [0.15, 0.2) is 0 Å². The summed E-state index contributed by atoms with van der Waals surface area (Å²) in [5.74, 6) is 0. The molecule has 0 bridgehead atoms. The van der Waals surface area contributed by atoms with Gasteiger partial charge in [-0.1, -0.05) is 12.1 Å². The molecular formula is C18H19F3N2. The molecule has 0 amide bonds. The van der Waals surface area contributed by atoms with Crippen LogP contribution in [-0.2, 0) is 19.1 Å². The molecular weight excluding hydrogens is 301 g/mol. The number of aryl methyl sites for hydroxylation is 1. The number of fused-ring (bicyclic) bond motifs is 1. The average molecular weight is 320 g/mol. The number of nitrogen functional groups attached to an aromatic ring is 1. The first-order valence-corrected chi connectivity index (χ1v) is 7.57. The van der Waals surface area contributed by atoms with Gasteiger partial charge in [-0.15, -0.1) is 0 Å². The Kier molecular flexibility index (Phi) is 3.74. The van der Waals surface area contributed by atoms with Crippen LogP contribution in [0.4, 0.5) is 24.5 Å². The number of hydrogen-bond acceptors (Lipinski definition) is 2. The second kappa shape index (κ2) is 5.48. The predicted molar refractivity (Wildman–Crippen MR) is 86.5 cm³/mol. The van der Waals surface area contributed by atoms with Crippen LogP contribution in [0.25, 0.3) is 0 Å². The maximum Gasteiger partial charge on any atom is 0.416 e. The first kappa shape index (κ1) is 15.7. The first-order valence-electron chi connectivity index (χ1n) is 7.57. The molecule has 0 saturated carbocycles. The van der Waals surface area contributed by atoms with Gasteiger partial charge in [0.05, 0.1) is 5.56 Å². The maximum atomic E-state index is 12.6. The maximum absolute atomic E-state index is 12.6. The third-order valence-electron chi connectivity index (χ3n) is 4.57. The summed E-state index contributed by atoms with van der Waals surface area (Å²) in [5.41, 5.74) is 11.7. The van der Waals surface area contributed by atoms with Crippen molar-refractivity contribution in [3.63, 3.8) is 0 Å². The van der Waals surface area contributed by atoms with Gasteiger partial charge in [0.1, 0.15) is 0 Å². The summed E-state index contributed by atoms with van der Waals surface area (Å²) in [6.45, 7) is 5.48. The lowest BCUT2D eigenvalue weighted by atomic mass is 10.0. The van der Waals surface area contributed by atoms with Gasteiger partial charge in [0.2, 0.25) is 0 Å². The van der Waals surface area contributed by atoms with E-state index in [9.17, 15) is 13.2 Å².